The van der Waals surface area contributed by atoms with E-state index in [-0.39, 0.29) is 4.90 Å². The first-order valence-corrected chi connectivity index (χ1v) is 15.2. The van der Waals surface area contributed by atoms with E-state index >= 15 is 0 Å². The second-order valence-corrected chi connectivity index (χ2v) is 15.6. The summed E-state index contributed by atoms with van der Waals surface area (Å²) in [5.74, 6) is 1.12. The maximum absolute atomic E-state index is 13.2. The molecule has 0 aliphatic carbocycles. The van der Waals surface area contributed by atoms with Crippen molar-refractivity contribution >= 4 is 29.7 Å². The quantitative estimate of drug-likeness (QED) is 0.315. The van der Waals surface area contributed by atoms with Gasteiger partial charge in [0.05, 0.1) is 13.0 Å². The SMILES string of the molecule is C=C=C([C@H](NS(=O)(=O)c1ccc(C)cc1)c1ccc(-c2ccc(Cl)cc2)o1)[Si](C)(C)C. The van der Waals surface area contributed by atoms with Crippen LogP contribution in [0, 0.1) is 6.92 Å². The number of hydrogen-bond donors (Lipinski definition) is 1. The summed E-state index contributed by atoms with van der Waals surface area (Å²) in [6, 6.07) is 17.0. The maximum Gasteiger partial charge on any atom is 0.241 e. The third-order valence-electron chi connectivity index (χ3n) is 4.93. The molecular formula is C24H26ClNO3SSi. The van der Waals surface area contributed by atoms with Crippen molar-refractivity contribution in [1.82, 2.24) is 4.72 Å². The molecule has 4 nitrogen and oxygen atoms in total. The van der Waals surface area contributed by atoms with Crippen LogP contribution >= 0.6 is 11.6 Å². The molecule has 31 heavy (non-hydrogen) atoms. The Morgan fingerprint density at radius 3 is 2.19 bits per heavy atom. The lowest BCUT2D eigenvalue weighted by atomic mass is 10.2. The zero-order valence-electron chi connectivity index (χ0n) is 18.1. The average Bonchev–Trinajstić information content (AvgIpc) is 3.17. The molecule has 0 spiro atoms. The molecule has 0 aliphatic heterocycles. The summed E-state index contributed by atoms with van der Waals surface area (Å²) in [6.45, 7) is 12.1. The molecule has 3 aromatic rings. The normalized spacial score (nSPS) is 12.9. The number of benzene rings is 2. The number of rotatable bonds is 7. The highest BCUT2D eigenvalue weighted by Crippen LogP contribution is 2.34. The first-order valence-electron chi connectivity index (χ1n) is 9.86. The molecule has 7 heteroatoms. The highest BCUT2D eigenvalue weighted by Gasteiger charge is 2.33. The van der Waals surface area contributed by atoms with E-state index in [1.807, 2.05) is 25.1 Å². The van der Waals surface area contributed by atoms with Crippen LogP contribution in [0.4, 0.5) is 0 Å². The van der Waals surface area contributed by atoms with Crippen LogP contribution in [-0.4, -0.2) is 16.5 Å². The third-order valence-corrected chi connectivity index (χ3v) is 8.70. The first-order chi connectivity index (χ1) is 14.5. The molecule has 0 unspecified atom stereocenters. The molecule has 0 bridgehead atoms. The van der Waals surface area contributed by atoms with E-state index < -0.39 is 24.1 Å². The van der Waals surface area contributed by atoms with E-state index in [2.05, 4.69) is 36.7 Å². The summed E-state index contributed by atoms with van der Waals surface area (Å²) in [7, 11) is -5.78. The van der Waals surface area contributed by atoms with Crippen molar-refractivity contribution in [2.75, 3.05) is 0 Å². The average molecular weight is 472 g/mol. The summed E-state index contributed by atoms with van der Waals surface area (Å²) >= 11 is 5.98. The van der Waals surface area contributed by atoms with Crippen molar-refractivity contribution in [2.45, 2.75) is 37.5 Å². The first kappa shape index (κ1) is 23.3. The molecule has 1 atom stereocenters. The molecule has 1 heterocycles. The second kappa shape index (κ2) is 9.03. The highest BCUT2D eigenvalue weighted by atomic mass is 35.5. The molecule has 1 aromatic heterocycles. The minimum absolute atomic E-state index is 0.201. The lowest BCUT2D eigenvalue weighted by molar-refractivity contribution is 0.482. The largest absolute Gasteiger partial charge is 0.459 e. The van der Waals surface area contributed by atoms with Crippen molar-refractivity contribution in [3.05, 3.63) is 94.5 Å². The fourth-order valence-electron chi connectivity index (χ4n) is 3.28. The lowest BCUT2D eigenvalue weighted by Gasteiger charge is -2.27. The summed E-state index contributed by atoms with van der Waals surface area (Å²) < 4.78 is 35.3. The van der Waals surface area contributed by atoms with E-state index in [0.717, 1.165) is 16.3 Å². The van der Waals surface area contributed by atoms with E-state index in [0.29, 0.717) is 16.5 Å². The third kappa shape index (κ3) is 5.48. The van der Waals surface area contributed by atoms with Crippen molar-refractivity contribution in [3.63, 3.8) is 0 Å². The van der Waals surface area contributed by atoms with E-state index in [9.17, 15) is 8.42 Å². The Labute approximate surface area is 190 Å². The number of nitrogens with one attached hydrogen (secondary N) is 1. The number of furan rings is 1. The second-order valence-electron chi connectivity index (χ2n) is 8.42. The number of hydrogen-bond acceptors (Lipinski definition) is 3. The van der Waals surface area contributed by atoms with Gasteiger partial charge < -0.3 is 4.42 Å². The fourth-order valence-corrected chi connectivity index (χ4v) is 6.29. The molecular weight excluding hydrogens is 446 g/mol. The minimum atomic E-state index is -3.79. The van der Waals surface area contributed by atoms with Gasteiger partial charge >= 0.3 is 0 Å². The van der Waals surface area contributed by atoms with Gasteiger partial charge in [0.2, 0.25) is 10.0 Å². The molecule has 1 N–H and O–H groups in total. The summed E-state index contributed by atoms with van der Waals surface area (Å²) in [5.41, 5.74) is 4.85. The fraction of sp³-hybridized carbons (Fsp3) is 0.208. The van der Waals surface area contributed by atoms with Gasteiger partial charge in [0.25, 0.3) is 0 Å². The molecule has 0 saturated heterocycles. The molecule has 0 amide bonds. The van der Waals surface area contributed by atoms with Crippen molar-refractivity contribution in [3.8, 4) is 11.3 Å². The number of halogens is 1. The van der Waals surface area contributed by atoms with E-state index in [4.69, 9.17) is 16.0 Å². The van der Waals surface area contributed by atoms with E-state index in [1.54, 1.807) is 42.5 Å². The molecule has 162 valence electrons. The van der Waals surface area contributed by atoms with Gasteiger partial charge in [0.15, 0.2) is 0 Å². The molecule has 0 aliphatic rings. The van der Waals surface area contributed by atoms with Crippen molar-refractivity contribution in [1.29, 1.82) is 0 Å². The Kier molecular flexibility index (Phi) is 6.79. The van der Waals surface area contributed by atoms with Crippen molar-refractivity contribution < 1.29 is 12.8 Å². The number of sulfonamides is 1. The smallest absolute Gasteiger partial charge is 0.241 e. The zero-order valence-corrected chi connectivity index (χ0v) is 20.6. The topological polar surface area (TPSA) is 59.3 Å². The van der Waals surface area contributed by atoms with Gasteiger partial charge in [-0.05, 0) is 60.7 Å². The van der Waals surface area contributed by atoms with Gasteiger partial charge in [-0.1, -0.05) is 55.5 Å². The van der Waals surface area contributed by atoms with Crippen LogP contribution in [0.15, 0.2) is 87.5 Å². The van der Waals surface area contributed by atoms with Gasteiger partial charge in [-0.2, -0.15) is 4.72 Å². The summed E-state index contributed by atoms with van der Waals surface area (Å²) in [4.78, 5) is 0.201. The molecule has 2 aromatic carbocycles. The van der Waals surface area contributed by atoms with Crippen LogP contribution < -0.4 is 4.72 Å². The summed E-state index contributed by atoms with van der Waals surface area (Å²) in [6.07, 6.45) is 0. The van der Waals surface area contributed by atoms with Gasteiger partial charge in [0.1, 0.15) is 17.6 Å². The monoisotopic (exact) mass is 471 g/mol. The van der Waals surface area contributed by atoms with Gasteiger partial charge in [-0.15, -0.1) is 5.73 Å². The van der Waals surface area contributed by atoms with Crippen LogP contribution in [-0.2, 0) is 10.0 Å². The standard InChI is InChI=1S/C24H26ClNO3SSi/c1-6-23(31(3,4)5)24(26-30(27,28)20-13-7-17(2)8-14-20)22-16-15-21(29-22)18-9-11-19(25)12-10-18/h7-16,24,26H,1H2,2-5H3/t24-/m1/s1. The van der Waals surface area contributed by atoms with Gasteiger partial charge in [-0.3, -0.25) is 0 Å². The summed E-state index contributed by atoms with van der Waals surface area (Å²) in [5, 5.41) is 1.45. The zero-order chi connectivity index (χ0) is 22.8. The Balaban J connectivity index is 2.05. The highest BCUT2D eigenvalue weighted by molar-refractivity contribution is 7.89. The molecule has 3 rings (SSSR count). The Morgan fingerprint density at radius 1 is 1.03 bits per heavy atom. The van der Waals surface area contributed by atoms with Crippen LogP contribution in [0.1, 0.15) is 17.4 Å². The van der Waals surface area contributed by atoms with Crippen LogP contribution in [0.2, 0.25) is 24.7 Å². The van der Waals surface area contributed by atoms with Crippen LogP contribution in [0.3, 0.4) is 0 Å². The molecule has 0 fully saturated rings. The minimum Gasteiger partial charge on any atom is -0.459 e. The predicted octanol–water partition coefficient (Wildman–Crippen LogP) is 6.52. The van der Waals surface area contributed by atoms with Crippen LogP contribution in [0.25, 0.3) is 11.3 Å². The predicted molar refractivity (Wildman–Crippen MR) is 129 cm³/mol. The van der Waals surface area contributed by atoms with Gasteiger partial charge in [0, 0.05) is 10.6 Å². The molecule has 0 saturated carbocycles. The number of aryl methyl sites for hydroxylation is 1. The van der Waals surface area contributed by atoms with Gasteiger partial charge in [-0.25, -0.2) is 8.42 Å². The molecule has 0 radical (unpaired) electrons. The maximum atomic E-state index is 13.2. The Bertz CT molecular complexity index is 1220. The van der Waals surface area contributed by atoms with Crippen molar-refractivity contribution in [2.24, 2.45) is 0 Å². The lowest BCUT2D eigenvalue weighted by Crippen LogP contribution is -2.37. The Morgan fingerprint density at radius 2 is 1.65 bits per heavy atom. The van der Waals surface area contributed by atoms with E-state index in [1.165, 1.54) is 0 Å². The Hall–Kier alpha value is -2.34. The van der Waals surface area contributed by atoms with Crippen LogP contribution in [0.5, 0.6) is 0 Å².